The van der Waals surface area contributed by atoms with Crippen LogP contribution >= 0.6 is 0 Å². The molecule has 0 aromatic heterocycles. The summed E-state index contributed by atoms with van der Waals surface area (Å²) < 4.78 is 0. The van der Waals surface area contributed by atoms with E-state index in [1.807, 2.05) is 30.4 Å². The van der Waals surface area contributed by atoms with Crippen molar-refractivity contribution < 1.29 is 26.2 Å². The van der Waals surface area contributed by atoms with E-state index in [0.29, 0.717) is 0 Å². The summed E-state index contributed by atoms with van der Waals surface area (Å²) in [5.41, 5.74) is 4.50. The molecule has 0 saturated heterocycles. The number of benzene rings is 2. The SMILES string of the molecule is [C-]1=CC=CC1.[Zr+2].[c-]1cccc2c1C1=c3ccccc3=CC1=N2. The third kappa shape index (κ3) is 2.64. The van der Waals surface area contributed by atoms with Crippen molar-refractivity contribution in [1.82, 2.24) is 0 Å². The Morgan fingerprint density at radius 3 is 2.73 bits per heavy atom. The molecule has 1 aliphatic heterocycles. The maximum Gasteiger partial charge on any atom is 2.00 e. The van der Waals surface area contributed by atoms with Crippen LogP contribution in [0.4, 0.5) is 5.69 Å². The van der Waals surface area contributed by atoms with Gasteiger partial charge in [0.05, 0.1) is 0 Å². The van der Waals surface area contributed by atoms with Crippen LogP contribution in [-0.4, -0.2) is 5.71 Å². The summed E-state index contributed by atoms with van der Waals surface area (Å²) in [7, 11) is 0. The molecule has 0 atom stereocenters. The summed E-state index contributed by atoms with van der Waals surface area (Å²) >= 11 is 0. The summed E-state index contributed by atoms with van der Waals surface area (Å²) in [4.78, 5) is 4.62. The van der Waals surface area contributed by atoms with Gasteiger partial charge in [-0.1, -0.05) is 35.1 Å². The summed E-state index contributed by atoms with van der Waals surface area (Å²) in [6, 6.07) is 17.7. The van der Waals surface area contributed by atoms with Crippen molar-refractivity contribution >= 4 is 23.0 Å². The third-order valence-electron chi connectivity index (χ3n) is 3.69. The molecule has 1 heterocycles. The Labute approximate surface area is 149 Å². The predicted octanol–water partition coefficient (Wildman–Crippen LogP) is 2.87. The van der Waals surface area contributed by atoms with Crippen LogP contribution in [0.15, 0.2) is 65.7 Å². The summed E-state index contributed by atoms with van der Waals surface area (Å²) in [6.45, 7) is 0. The second-order valence-electron chi connectivity index (χ2n) is 5.04. The van der Waals surface area contributed by atoms with Crippen molar-refractivity contribution in [2.75, 3.05) is 0 Å². The summed E-state index contributed by atoms with van der Waals surface area (Å²) in [6.07, 6.45) is 12.2. The number of hydrogen-bond acceptors (Lipinski definition) is 1. The number of nitrogens with zero attached hydrogens (tertiary/aromatic N) is 1. The summed E-state index contributed by atoms with van der Waals surface area (Å²) in [5, 5.41) is 2.54. The van der Waals surface area contributed by atoms with Crippen LogP contribution < -0.4 is 10.4 Å². The van der Waals surface area contributed by atoms with Crippen molar-refractivity contribution in [2.24, 2.45) is 4.99 Å². The molecule has 2 aromatic carbocycles. The van der Waals surface area contributed by atoms with Crippen LogP contribution in [0.5, 0.6) is 0 Å². The van der Waals surface area contributed by atoms with Crippen molar-refractivity contribution in [3.63, 3.8) is 0 Å². The maximum atomic E-state index is 4.62. The molecule has 0 amide bonds. The van der Waals surface area contributed by atoms with Crippen LogP contribution in [0.1, 0.15) is 12.0 Å². The molecule has 1 nitrogen and oxygen atoms in total. The fourth-order valence-corrected chi connectivity index (χ4v) is 2.75. The van der Waals surface area contributed by atoms with Crippen LogP contribution in [-0.2, 0) is 26.2 Å². The van der Waals surface area contributed by atoms with Gasteiger partial charge in [0.15, 0.2) is 0 Å². The smallest absolute Gasteiger partial charge is 0.307 e. The van der Waals surface area contributed by atoms with Gasteiger partial charge >= 0.3 is 26.2 Å². The Balaban J connectivity index is 0.000000208. The molecule has 0 bridgehead atoms. The van der Waals surface area contributed by atoms with E-state index in [1.54, 1.807) is 0 Å². The molecule has 0 spiro atoms. The molecule has 2 aliphatic carbocycles. The number of hydrogen-bond donors (Lipinski definition) is 0. The molecule has 3 aliphatic rings. The predicted molar refractivity (Wildman–Crippen MR) is 86.6 cm³/mol. The first-order valence-electron chi connectivity index (χ1n) is 7.06. The van der Waals surface area contributed by atoms with Crippen LogP contribution in [0.25, 0.3) is 11.6 Å². The number of aliphatic imine (C=N–C) groups is 1. The average molecular weight is 359 g/mol. The molecule has 0 unspecified atom stereocenters. The van der Waals surface area contributed by atoms with Gasteiger partial charge in [0.25, 0.3) is 0 Å². The second-order valence-corrected chi connectivity index (χ2v) is 5.04. The molecule has 5 rings (SSSR count). The Bertz CT molecular complexity index is 907. The van der Waals surface area contributed by atoms with Crippen LogP contribution in [0.2, 0.25) is 0 Å². The van der Waals surface area contributed by atoms with Crippen LogP contribution in [0, 0.1) is 12.1 Å². The van der Waals surface area contributed by atoms with Gasteiger partial charge in [-0.2, -0.15) is 6.08 Å². The molecule has 22 heavy (non-hydrogen) atoms. The molecule has 0 N–H and O–H groups in total. The molecular formula is C20H13NZr. The van der Waals surface area contributed by atoms with E-state index in [4.69, 9.17) is 0 Å². The largest absolute Gasteiger partial charge is 2.00 e. The van der Waals surface area contributed by atoms with Gasteiger partial charge in [-0.3, -0.25) is 6.08 Å². The number of fused-ring (bicyclic) bond motifs is 4. The van der Waals surface area contributed by atoms with Gasteiger partial charge in [-0.05, 0) is 17.0 Å². The molecule has 102 valence electrons. The fourth-order valence-electron chi connectivity index (χ4n) is 2.75. The number of allylic oxidation sites excluding steroid dienone is 4. The van der Waals surface area contributed by atoms with Gasteiger partial charge in [-0.15, -0.1) is 36.2 Å². The third-order valence-corrected chi connectivity index (χ3v) is 3.69. The molecule has 2 heteroatoms. The molecular weight excluding hydrogens is 345 g/mol. The van der Waals surface area contributed by atoms with Crippen molar-refractivity contribution in [3.8, 4) is 0 Å². The van der Waals surface area contributed by atoms with Gasteiger partial charge in [0, 0.05) is 5.71 Å². The van der Waals surface area contributed by atoms with Gasteiger partial charge in [0.2, 0.25) is 0 Å². The van der Waals surface area contributed by atoms with E-state index in [2.05, 4.69) is 53.6 Å². The van der Waals surface area contributed by atoms with Crippen molar-refractivity contribution in [2.45, 2.75) is 6.42 Å². The first-order valence-corrected chi connectivity index (χ1v) is 7.06. The Morgan fingerprint density at radius 2 is 1.95 bits per heavy atom. The van der Waals surface area contributed by atoms with E-state index >= 15 is 0 Å². The maximum absolute atomic E-state index is 4.62. The van der Waals surface area contributed by atoms with Gasteiger partial charge in [-0.25, -0.2) is 12.2 Å². The van der Waals surface area contributed by atoms with E-state index in [9.17, 15) is 0 Å². The minimum atomic E-state index is 0. The number of rotatable bonds is 0. The topological polar surface area (TPSA) is 12.4 Å². The Kier molecular flexibility index (Phi) is 4.50. The second kappa shape index (κ2) is 6.54. The molecule has 0 saturated carbocycles. The monoisotopic (exact) mass is 357 g/mol. The van der Waals surface area contributed by atoms with Crippen molar-refractivity contribution in [3.05, 3.63) is 88.8 Å². The fraction of sp³-hybridized carbons (Fsp3) is 0.0500. The van der Waals surface area contributed by atoms with Gasteiger partial charge in [0.1, 0.15) is 0 Å². The first kappa shape index (κ1) is 15.1. The molecule has 0 fully saturated rings. The summed E-state index contributed by atoms with van der Waals surface area (Å²) in [5.74, 6) is 0. The normalized spacial score (nSPS) is 14.9. The zero-order valence-electron chi connectivity index (χ0n) is 12.0. The molecule has 2 aromatic rings. The zero-order chi connectivity index (χ0) is 14.1. The van der Waals surface area contributed by atoms with Crippen LogP contribution in [0.3, 0.4) is 0 Å². The van der Waals surface area contributed by atoms with E-state index < -0.39 is 0 Å². The Hall–Kier alpha value is -1.79. The zero-order valence-corrected chi connectivity index (χ0v) is 14.5. The van der Waals surface area contributed by atoms with Crippen molar-refractivity contribution in [1.29, 1.82) is 0 Å². The minimum Gasteiger partial charge on any atom is -0.307 e. The molecule has 0 radical (unpaired) electrons. The minimum absolute atomic E-state index is 0. The first-order chi connectivity index (χ1) is 10.4. The van der Waals surface area contributed by atoms with E-state index in [1.165, 1.54) is 16.0 Å². The van der Waals surface area contributed by atoms with E-state index in [0.717, 1.165) is 23.4 Å². The standard InChI is InChI=1S/C15H8N.C5H5.Zr/c1-2-6-11-10(5-1)9-14-15(11)12-7-3-4-8-13(12)16-14;1-2-4-5-3-1;/h1-6,8-9H;1-3H,4H2;/q2*-1;+2. The quantitative estimate of drug-likeness (QED) is 0.642. The van der Waals surface area contributed by atoms with E-state index in [-0.39, 0.29) is 26.2 Å². The van der Waals surface area contributed by atoms with Gasteiger partial charge < -0.3 is 4.99 Å². The Morgan fingerprint density at radius 1 is 1.05 bits per heavy atom. The average Bonchev–Trinajstić information content (AvgIpc) is 3.24.